The molecule has 0 unspecified atom stereocenters. The van der Waals surface area contributed by atoms with Crippen molar-refractivity contribution < 1.29 is 0 Å². The van der Waals surface area contributed by atoms with Crippen LogP contribution in [0.15, 0.2) is 93.9 Å². The first-order chi connectivity index (χ1) is 14.0. The predicted molar refractivity (Wildman–Crippen MR) is 129 cm³/mol. The van der Waals surface area contributed by atoms with Crippen molar-refractivity contribution in [3.63, 3.8) is 0 Å². The summed E-state index contributed by atoms with van der Waals surface area (Å²) in [7, 11) is 0. The molecule has 0 spiro atoms. The number of fused-ring (bicyclic) bond motifs is 3. The van der Waals surface area contributed by atoms with Crippen molar-refractivity contribution in [3.05, 3.63) is 127 Å². The first-order valence-corrected chi connectivity index (χ1v) is 11.3. The summed E-state index contributed by atoms with van der Waals surface area (Å²) in [6.45, 7) is 4.34. The molecule has 0 nitrogen and oxygen atoms in total. The molecule has 0 fully saturated rings. The van der Waals surface area contributed by atoms with E-state index in [9.17, 15) is 0 Å². The highest BCUT2D eigenvalue weighted by Crippen LogP contribution is 2.56. The van der Waals surface area contributed by atoms with E-state index in [1.807, 2.05) is 0 Å². The molecule has 4 aromatic rings. The van der Waals surface area contributed by atoms with E-state index >= 15 is 0 Å². The Bertz CT molecular complexity index is 1150. The van der Waals surface area contributed by atoms with Gasteiger partial charge < -0.3 is 0 Å². The lowest BCUT2D eigenvalue weighted by molar-refractivity contribution is 0.765. The third kappa shape index (κ3) is 2.69. The quantitative estimate of drug-likeness (QED) is 0.228. The van der Waals surface area contributed by atoms with Crippen molar-refractivity contribution in [2.24, 2.45) is 0 Å². The van der Waals surface area contributed by atoms with Crippen LogP contribution in [-0.4, -0.2) is 0 Å². The minimum absolute atomic E-state index is 0.329. The van der Waals surface area contributed by atoms with E-state index in [-0.39, 0.29) is 5.41 Å². The number of hydrogen-bond donors (Lipinski definition) is 0. The molecular formula is C27H20Br2. The monoisotopic (exact) mass is 502 g/mol. The second-order valence-electron chi connectivity index (χ2n) is 7.77. The molecule has 0 saturated carbocycles. The zero-order chi connectivity index (χ0) is 20.2. The smallest absolute Gasteiger partial charge is 0.0619 e. The number of hydrogen-bond acceptors (Lipinski definition) is 0. The third-order valence-electron chi connectivity index (χ3n) is 6.13. The molecule has 29 heavy (non-hydrogen) atoms. The summed E-state index contributed by atoms with van der Waals surface area (Å²) in [5.74, 6) is 0. The summed E-state index contributed by atoms with van der Waals surface area (Å²) in [4.78, 5) is 0. The minimum Gasteiger partial charge on any atom is -0.0619 e. The molecule has 5 rings (SSSR count). The van der Waals surface area contributed by atoms with Gasteiger partial charge in [-0.3, -0.25) is 0 Å². The van der Waals surface area contributed by atoms with Crippen LogP contribution in [0.2, 0.25) is 0 Å². The van der Waals surface area contributed by atoms with E-state index in [0.29, 0.717) is 0 Å². The van der Waals surface area contributed by atoms with Crippen molar-refractivity contribution >= 4 is 31.9 Å². The van der Waals surface area contributed by atoms with Gasteiger partial charge in [-0.25, -0.2) is 0 Å². The van der Waals surface area contributed by atoms with E-state index in [2.05, 4.69) is 131 Å². The van der Waals surface area contributed by atoms with Crippen molar-refractivity contribution in [1.29, 1.82) is 0 Å². The summed E-state index contributed by atoms with van der Waals surface area (Å²) in [6.07, 6.45) is 0. The van der Waals surface area contributed by atoms with Gasteiger partial charge in [0, 0.05) is 8.95 Å². The molecule has 1 aliphatic carbocycles. The minimum atomic E-state index is -0.329. The molecule has 142 valence electrons. The highest BCUT2D eigenvalue weighted by Gasteiger charge is 2.46. The van der Waals surface area contributed by atoms with Crippen LogP contribution in [0.4, 0.5) is 0 Å². The molecule has 0 bridgehead atoms. The van der Waals surface area contributed by atoms with E-state index in [1.54, 1.807) is 0 Å². The van der Waals surface area contributed by atoms with Crippen molar-refractivity contribution in [2.45, 2.75) is 19.3 Å². The molecule has 0 amide bonds. The van der Waals surface area contributed by atoms with Crippen LogP contribution in [0.5, 0.6) is 0 Å². The molecule has 0 heterocycles. The Hall–Kier alpha value is -2.16. The Morgan fingerprint density at radius 1 is 0.552 bits per heavy atom. The lowest BCUT2D eigenvalue weighted by atomic mass is 9.67. The predicted octanol–water partition coefficient (Wildman–Crippen LogP) is 8.19. The Labute approximate surface area is 188 Å². The summed E-state index contributed by atoms with van der Waals surface area (Å²) >= 11 is 7.38. The number of halogens is 2. The molecule has 2 heteroatoms. The molecule has 0 atom stereocenters. The summed E-state index contributed by atoms with van der Waals surface area (Å²) in [5, 5.41) is 0. The van der Waals surface area contributed by atoms with Crippen LogP contribution in [0, 0.1) is 13.8 Å². The Morgan fingerprint density at radius 2 is 0.966 bits per heavy atom. The van der Waals surface area contributed by atoms with Crippen LogP contribution in [0.3, 0.4) is 0 Å². The normalized spacial score (nSPS) is 13.8. The molecular weight excluding hydrogens is 484 g/mol. The zero-order valence-electron chi connectivity index (χ0n) is 16.3. The Morgan fingerprint density at radius 3 is 1.38 bits per heavy atom. The maximum Gasteiger partial charge on any atom is 0.0713 e. The fourth-order valence-corrected chi connectivity index (χ4v) is 5.27. The summed E-state index contributed by atoms with van der Waals surface area (Å²) in [5.41, 5.74) is 10.1. The topological polar surface area (TPSA) is 0 Å². The van der Waals surface area contributed by atoms with Crippen LogP contribution in [0.1, 0.15) is 33.4 Å². The number of benzene rings is 4. The second-order valence-corrected chi connectivity index (χ2v) is 9.48. The molecule has 0 aromatic heterocycles. The average Bonchev–Trinajstić information content (AvgIpc) is 3.04. The third-order valence-corrected chi connectivity index (χ3v) is 7.91. The second kappa shape index (κ2) is 6.97. The van der Waals surface area contributed by atoms with Crippen LogP contribution in [-0.2, 0) is 5.41 Å². The van der Waals surface area contributed by atoms with Gasteiger partial charge in [0.2, 0.25) is 0 Å². The number of aryl methyl sites for hydroxylation is 2. The standard InChI is InChI=1S/C27H20Br2/c1-17-15-19(11-13-25(17)28)27(20-12-14-26(29)18(2)16-20)23-9-5-3-7-21(23)22-8-4-6-10-24(22)27/h3-16H,1-2H3. The van der Waals surface area contributed by atoms with Gasteiger partial charge in [0.1, 0.15) is 0 Å². The van der Waals surface area contributed by atoms with Gasteiger partial charge in [-0.1, -0.05) is 105 Å². The lowest BCUT2D eigenvalue weighted by Gasteiger charge is -2.34. The Kier molecular flexibility index (Phi) is 4.53. The summed E-state index contributed by atoms with van der Waals surface area (Å²) < 4.78 is 2.28. The maximum absolute atomic E-state index is 3.69. The summed E-state index contributed by atoms with van der Waals surface area (Å²) in [6, 6.07) is 31.3. The molecule has 4 aromatic carbocycles. The van der Waals surface area contributed by atoms with E-state index < -0.39 is 0 Å². The first-order valence-electron chi connectivity index (χ1n) is 9.76. The van der Waals surface area contributed by atoms with Crippen molar-refractivity contribution in [2.75, 3.05) is 0 Å². The molecule has 0 saturated heterocycles. The average molecular weight is 504 g/mol. The van der Waals surface area contributed by atoms with Gasteiger partial charge >= 0.3 is 0 Å². The molecule has 0 N–H and O–H groups in total. The highest BCUT2D eigenvalue weighted by atomic mass is 79.9. The maximum atomic E-state index is 3.69. The van der Waals surface area contributed by atoms with E-state index in [4.69, 9.17) is 0 Å². The van der Waals surface area contributed by atoms with Gasteiger partial charge in [0.05, 0.1) is 5.41 Å². The van der Waals surface area contributed by atoms with Crippen molar-refractivity contribution in [1.82, 2.24) is 0 Å². The van der Waals surface area contributed by atoms with Crippen LogP contribution >= 0.6 is 31.9 Å². The highest BCUT2D eigenvalue weighted by molar-refractivity contribution is 9.10. The Balaban J connectivity index is 1.97. The lowest BCUT2D eigenvalue weighted by Crippen LogP contribution is -2.28. The largest absolute Gasteiger partial charge is 0.0713 e. The van der Waals surface area contributed by atoms with Crippen LogP contribution in [0.25, 0.3) is 11.1 Å². The van der Waals surface area contributed by atoms with Crippen LogP contribution < -0.4 is 0 Å². The first kappa shape index (κ1) is 18.8. The van der Waals surface area contributed by atoms with Gasteiger partial charge in [-0.2, -0.15) is 0 Å². The fourth-order valence-electron chi connectivity index (χ4n) is 4.78. The van der Waals surface area contributed by atoms with E-state index in [1.165, 1.54) is 44.5 Å². The fraction of sp³-hybridized carbons (Fsp3) is 0.111. The molecule has 1 aliphatic rings. The van der Waals surface area contributed by atoms with Gasteiger partial charge in [0.25, 0.3) is 0 Å². The molecule has 0 radical (unpaired) electrons. The zero-order valence-corrected chi connectivity index (χ0v) is 19.5. The number of rotatable bonds is 2. The van der Waals surface area contributed by atoms with Gasteiger partial charge in [-0.15, -0.1) is 0 Å². The van der Waals surface area contributed by atoms with E-state index in [0.717, 1.165) is 8.95 Å². The molecule has 0 aliphatic heterocycles. The SMILES string of the molecule is Cc1cc(C2(c3ccc(Br)c(C)c3)c3ccccc3-c3ccccc32)ccc1Br. The van der Waals surface area contributed by atoms with Gasteiger partial charge in [0.15, 0.2) is 0 Å². The van der Waals surface area contributed by atoms with Crippen molar-refractivity contribution in [3.8, 4) is 11.1 Å². The van der Waals surface area contributed by atoms with Gasteiger partial charge in [-0.05, 0) is 70.5 Å².